The standard InChI is InChI=1S/C26H29F3N4O/c1-16(26(27,28)29)23-20-5-2-6-22(32-19-13-25(14-19)9-11-30-15-25)21(20)12-18(33-23)4-3-10-31-24(34)17-7-8-17/h2-6,12,17,19,30,32H,1,7-11,13-15H2,(H,31,34)/b4-3+. The molecule has 1 aliphatic heterocycles. The molecule has 1 amide bonds. The molecule has 8 heteroatoms. The van der Waals surface area contributed by atoms with Gasteiger partial charge in [-0.15, -0.1) is 0 Å². The van der Waals surface area contributed by atoms with Crippen LogP contribution in [-0.2, 0) is 4.79 Å². The average molecular weight is 471 g/mol. The van der Waals surface area contributed by atoms with E-state index in [4.69, 9.17) is 0 Å². The maximum atomic E-state index is 13.6. The number of carbonyl (C=O) groups is 1. The van der Waals surface area contributed by atoms with E-state index >= 15 is 0 Å². The molecule has 2 aliphatic carbocycles. The highest BCUT2D eigenvalue weighted by Gasteiger charge is 2.46. The number of nitrogens with one attached hydrogen (secondary N) is 3. The molecule has 3 aliphatic rings. The second-order valence-electron chi connectivity index (χ2n) is 9.87. The second-order valence-corrected chi connectivity index (χ2v) is 9.87. The molecule has 2 saturated carbocycles. The quantitative estimate of drug-likeness (QED) is 0.538. The van der Waals surface area contributed by atoms with Gasteiger partial charge in [-0.2, -0.15) is 13.2 Å². The maximum Gasteiger partial charge on any atom is 0.417 e. The van der Waals surface area contributed by atoms with E-state index in [1.54, 1.807) is 30.4 Å². The summed E-state index contributed by atoms with van der Waals surface area (Å²) in [5, 5.41) is 10.9. The van der Waals surface area contributed by atoms with Gasteiger partial charge in [0.2, 0.25) is 5.91 Å². The molecule has 3 N–H and O–H groups in total. The van der Waals surface area contributed by atoms with Gasteiger partial charge < -0.3 is 16.0 Å². The van der Waals surface area contributed by atoms with Crippen LogP contribution in [0, 0.1) is 11.3 Å². The molecular weight excluding hydrogens is 441 g/mol. The SMILES string of the molecule is C=C(c1nc(/C=C/CNC(=O)C2CC2)cc2c(NC3CC4(CCNC4)C3)cccc12)C(F)(F)F. The Kier molecular flexibility index (Phi) is 5.88. The fourth-order valence-corrected chi connectivity index (χ4v) is 5.15. The van der Waals surface area contributed by atoms with Crippen molar-refractivity contribution in [1.82, 2.24) is 15.6 Å². The molecule has 180 valence electrons. The van der Waals surface area contributed by atoms with Crippen LogP contribution in [0.5, 0.6) is 0 Å². The van der Waals surface area contributed by atoms with Crippen molar-refractivity contribution >= 4 is 34.0 Å². The van der Waals surface area contributed by atoms with Gasteiger partial charge in [-0.3, -0.25) is 4.79 Å². The zero-order chi connectivity index (χ0) is 23.9. The molecular formula is C26H29F3N4O. The van der Waals surface area contributed by atoms with Gasteiger partial charge in [0.05, 0.1) is 17.0 Å². The number of anilines is 1. The maximum absolute atomic E-state index is 13.6. The predicted octanol–water partition coefficient (Wildman–Crippen LogP) is 4.90. The Morgan fingerprint density at radius 2 is 2.06 bits per heavy atom. The van der Waals surface area contributed by atoms with Gasteiger partial charge in [0, 0.05) is 41.5 Å². The predicted molar refractivity (Wildman–Crippen MR) is 128 cm³/mol. The van der Waals surface area contributed by atoms with Crippen molar-refractivity contribution in [2.75, 3.05) is 25.0 Å². The van der Waals surface area contributed by atoms with E-state index in [0.29, 0.717) is 34.5 Å². The van der Waals surface area contributed by atoms with E-state index < -0.39 is 11.7 Å². The lowest BCUT2D eigenvalue weighted by atomic mass is 9.65. The number of aromatic nitrogens is 1. The van der Waals surface area contributed by atoms with Gasteiger partial charge >= 0.3 is 6.18 Å². The number of alkyl halides is 3. The highest BCUT2D eigenvalue weighted by atomic mass is 19.4. The molecule has 5 nitrogen and oxygen atoms in total. The number of allylic oxidation sites excluding steroid dienone is 1. The topological polar surface area (TPSA) is 66.0 Å². The van der Waals surface area contributed by atoms with Crippen molar-refractivity contribution < 1.29 is 18.0 Å². The first-order valence-corrected chi connectivity index (χ1v) is 11.9. The number of carbonyl (C=O) groups excluding carboxylic acids is 1. The Morgan fingerprint density at radius 3 is 2.74 bits per heavy atom. The van der Waals surface area contributed by atoms with E-state index in [0.717, 1.165) is 44.5 Å². The average Bonchev–Trinajstić information content (AvgIpc) is 3.52. The van der Waals surface area contributed by atoms with E-state index in [-0.39, 0.29) is 17.5 Å². The molecule has 1 spiro atoms. The van der Waals surface area contributed by atoms with E-state index in [1.807, 2.05) is 6.07 Å². The number of halogens is 3. The molecule has 1 aromatic heterocycles. The minimum atomic E-state index is -4.58. The van der Waals surface area contributed by atoms with Gasteiger partial charge in [-0.25, -0.2) is 4.98 Å². The molecule has 0 atom stereocenters. The van der Waals surface area contributed by atoms with Crippen LogP contribution in [0.25, 0.3) is 22.4 Å². The monoisotopic (exact) mass is 470 g/mol. The molecule has 2 aromatic rings. The normalized spacial score (nSPS) is 24.5. The van der Waals surface area contributed by atoms with Crippen molar-refractivity contribution in [2.24, 2.45) is 11.3 Å². The molecule has 0 unspecified atom stereocenters. The first-order chi connectivity index (χ1) is 16.2. The van der Waals surface area contributed by atoms with Crippen LogP contribution in [-0.4, -0.2) is 42.7 Å². The number of nitrogens with zero attached hydrogens (tertiary/aromatic N) is 1. The number of rotatable bonds is 7. The summed E-state index contributed by atoms with van der Waals surface area (Å²) in [5.41, 5.74) is 0.427. The number of benzene rings is 1. The minimum Gasteiger partial charge on any atom is -0.382 e. The third-order valence-corrected chi connectivity index (χ3v) is 7.20. The van der Waals surface area contributed by atoms with Crippen LogP contribution in [0.4, 0.5) is 18.9 Å². The molecule has 0 bridgehead atoms. The third kappa shape index (κ3) is 4.69. The molecule has 3 fully saturated rings. The van der Waals surface area contributed by atoms with Crippen LogP contribution >= 0.6 is 0 Å². The summed E-state index contributed by atoms with van der Waals surface area (Å²) in [6, 6.07) is 7.42. The van der Waals surface area contributed by atoms with Crippen LogP contribution in [0.2, 0.25) is 0 Å². The molecule has 2 heterocycles. The van der Waals surface area contributed by atoms with Gasteiger partial charge in [0.15, 0.2) is 0 Å². The van der Waals surface area contributed by atoms with E-state index in [1.165, 1.54) is 6.42 Å². The highest BCUT2D eigenvalue weighted by Crippen LogP contribution is 2.47. The molecule has 34 heavy (non-hydrogen) atoms. The van der Waals surface area contributed by atoms with Gasteiger partial charge in [-0.1, -0.05) is 24.8 Å². The Morgan fingerprint density at radius 1 is 1.26 bits per heavy atom. The number of hydrogen-bond donors (Lipinski definition) is 3. The summed E-state index contributed by atoms with van der Waals surface area (Å²) in [6.07, 6.45) is 3.89. The molecule has 5 rings (SSSR count). The zero-order valence-corrected chi connectivity index (χ0v) is 19.0. The Bertz CT molecular complexity index is 1140. The van der Waals surface area contributed by atoms with Gasteiger partial charge in [0.25, 0.3) is 0 Å². The van der Waals surface area contributed by atoms with E-state index in [9.17, 15) is 18.0 Å². The Labute approximate surface area is 196 Å². The molecule has 0 radical (unpaired) electrons. The summed E-state index contributed by atoms with van der Waals surface area (Å²) in [4.78, 5) is 16.1. The fraction of sp³-hybridized carbons (Fsp3) is 0.462. The number of fused-ring (bicyclic) bond motifs is 1. The van der Waals surface area contributed by atoms with Crippen molar-refractivity contribution in [3.8, 4) is 0 Å². The molecule has 1 saturated heterocycles. The summed E-state index contributed by atoms with van der Waals surface area (Å²) in [5.74, 6) is 0.123. The van der Waals surface area contributed by atoms with Crippen molar-refractivity contribution in [2.45, 2.75) is 44.3 Å². The minimum absolute atomic E-state index is 0.0180. The third-order valence-electron chi connectivity index (χ3n) is 7.20. The van der Waals surface area contributed by atoms with E-state index in [2.05, 4.69) is 27.5 Å². The zero-order valence-electron chi connectivity index (χ0n) is 19.0. The smallest absolute Gasteiger partial charge is 0.382 e. The highest BCUT2D eigenvalue weighted by molar-refractivity contribution is 6.00. The lowest BCUT2D eigenvalue weighted by Crippen LogP contribution is -2.46. The summed E-state index contributed by atoms with van der Waals surface area (Å²) < 4.78 is 40.8. The Hall–Kier alpha value is -2.87. The lowest BCUT2D eigenvalue weighted by Gasteiger charge is -2.45. The fourth-order valence-electron chi connectivity index (χ4n) is 5.15. The van der Waals surface area contributed by atoms with Crippen molar-refractivity contribution in [3.05, 3.63) is 48.3 Å². The summed E-state index contributed by atoms with van der Waals surface area (Å²) >= 11 is 0. The number of amides is 1. The van der Waals surface area contributed by atoms with Crippen LogP contribution < -0.4 is 16.0 Å². The van der Waals surface area contributed by atoms with Crippen LogP contribution in [0.15, 0.2) is 36.9 Å². The van der Waals surface area contributed by atoms with Gasteiger partial charge in [-0.05, 0) is 62.3 Å². The van der Waals surface area contributed by atoms with Crippen molar-refractivity contribution in [3.63, 3.8) is 0 Å². The summed E-state index contributed by atoms with van der Waals surface area (Å²) in [6.45, 7) is 5.69. The first kappa shape index (κ1) is 22.9. The molecule has 1 aromatic carbocycles. The van der Waals surface area contributed by atoms with Crippen LogP contribution in [0.3, 0.4) is 0 Å². The second kappa shape index (κ2) is 8.73. The number of pyridine rings is 1. The van der Waals surface area contributed by atoms with Crippen LogP contribution in [0.1, 0.15) is 43.5 Å². The lowest BCUT2D eigenvalue weighted by molar-refractivity contribution is -0.122. The number of hydrogen-bond acceptors (Lipinski definition) is 4. The van der Waals surface area contributed by atoms with Crippen molar-refractivity contribution in [1.29, 1.82) is 0 Å². The largest absolute Gasteiger partial charge is 0.417 e. The Balaban J connectivity index is 1.42. The summed E-state index contributed by atoms with van der Waals surface area (Å²) in [7, 11) is 0. The van der Waals surface area contributed by atoms with Gasteiger partial charge in [0.1, 0.15) is 0 Å². The first-order valence-electron chi connectivity index (χ1n) is 11.9.